The van der Waals surface area contributed by atoms with E-state index in [0.29, 0.717) is 36.1 Å². The van der Waals surface area contributed by atoms with Gasteiger partial charge in [0.1, 0.15) is 0 Å². The van der Waals surface area contributed by atoms with Gasteiger partial charge < -0.3 is 30.1 Å². The fourth-order valence-electron chi connectivity index (χ4n) is 4.00. The normalized spacial score (nSPS) is 17.8. The van der Waals surface area contributed by atoms with E-state index in [4.69, 9.17) is 0 Å². The quantitative estimate of drug-likeness (QED) is 0.458. The average Bonchev–Trinajstić information content (AvgIpc) is 2.55. The van der Waals surface area contributed by atoms with Crippen LogP contribution < -0.4 is 33.9 Å². The van der Waals surface area contributed by atoms with Crippen molar-refractivity contribution in [2.45, 2.75) is 99.0 Å². The summed E-state index contributed by atoms with van der Waals surface area (Å²) in [5.41, 5.74) is 0.419. The summed E-state index contributed by atoms with van der Waals surface area (Å²) in [6.45, 7) is 13.4. The summed E-state index contributed by atoms with van der Waals surface area (Å²) < 4.78 is 2.53. The Balaban J connectivity index is -0.000000552. The third kappa shape index (κ3) is 11.7. The maximum atomic E-state index is 11.8. The molecule has 1 fully saturated rings. The Hall–Kier alpha value is 0.234. The Morgan fingerprint density at radius 2 is 1.48 bits per heavy atom. The zero-order chi connectivity index (χ0) is 19.5. The molecule has 0 aliphatic heterocycles. The van der Waals surface area contributed by atoms with E-state index in [0.717, 1.165) is 25.7 Å². The fraction of sp³-hybridized carbons (Fsp3) is 0.900. The van der Waals surface area contributed by atoms with Gasteiger partial charge in [0.25, 0.3) is 0 Å². The Kier molecular flexibility index (Phi) is 20.2. The molecule has 0 aromatic heterocycles. The van der Waals surface area contributed by atoms with Crippen molar-refractivity contribution in [2.75, 3.05) is 0 Å². The van der Waals surface area contributed by atoms with Crippen LogP contribution in [0, 0.1) is 17.3 Å². The molecule has 27 heavy (non-hydrogen) atoms. The summed E-state index contributed by atoms with van der Waals surface area (Å²) in [5, 5.41) is 3.25. The number of hydrogen-bond acceptors (Lipinski definition) is 2. The topological polar surface area (TPSA) is 58.2 Å². The summed E-state index contributed by atoms with van der Waals surface area (Å²) in [7, 11) is 0. The second-order valence-corrected chi connectivity index (χ2v) is 8.34. The maximum absolute atomic E-state index is 11.8. The molecule has 0 bridgehead atoms. The SMILES string of the molecule is CCCC(=O)NC1CCCC(C(C)C)(C(C)C)C1.CCCC(=O)[NH][Ti+2].[Cl-].[Cl-]. The minimum absolute atomic E-state index is 0. The van der Waals surface area contributed by atoms with Crippen LogP contribution in [0.3, 0.4) is 0 Å². The Bertz CT molecular complexity index is 399. The maximum Gasteiger partial charge on any atom is -1.00 e. The Morgan fingerprint density at radius 3 is 1.85 bits per heavy atom. The van der Waals surface area contributed by atoms with Crippen molar-refractivity contribution < 1.29 is 55.1 Å². The van der Waals surface area contributed by atoms with Gasteiger partial charge in [0.15, 0.2) is 0 Å². The van der Waals surface area contributed by atoms with Gasteiger partial charge in [0, 0.05) is 12.5 Å². The Labute approximate surface area is 191 Å². The van der Waals surface area contributed by atoms with Crippen LogP contribution >= 0.6 is 0 Å². The summed E-state index contributed by atoms with van der Waals surface area (Å²) in [5.74, 6) is 1.76. The minimum atomic E-state index is 0. The fourth-order valence-corrected chi connectivity index (χ4v) is 4.19. The first-order chi connectivity index (χ1) is 11.7. The van der Waals surface area contributed by atoms with Crippen molar-refractivity contribution in [1.29, 1.82) is 0 Å². The van der Waals surface area contributed by atoms with E-state index in [1.807, 2.05) is 6.92 Å². The first kappa shape index (κ1) is 31.9. The molecule has 7 heteroatoms. The zero-order valence-corrected chi connectivity index (χ0v) is 21.0. The summed E-state index contributed by atoms with van der Waals surface area (Å²) in [6, 6.07) is 0.405. The van der Waals surface area contributed by atoms with Gasteiger partial charge in [-0.15, -0.1) is 0 Å². The van der Waals surface area contributed by atoms with Gasteiger partial charge in [-0.05, 0) is 42.9 Å². The largest absolute Gasteiger partial charge is 1.00 e. The average molecular weight is 458 g/mol. The molecular formula is C20H39Cl2N2O2Ti. The first-order valence-corrected chi connectivity index (χ1v) is 10.8. The molecule has 1 aliphatic carbocycles. The third-order valence-corrected chi connectivity index (χ3v) is 6.01. The van der Waals surface area contributed by atoms with Gasteiger partial charge >= 0.3 is 55.0 Å². The molecule has 1 unspecified atom stereocenters. The molecule has 0 aromatic carbocycles. The van der Waals surface area contributed by atoms with Gasteiger partial charge in [0.2, 0.25) is 5.91 Å². The summed E-state index contributed by atoms with van der Waals surface area (Å²) in [4.78, 5) is 22.1. The van der Waals surface area contributed by atoms with Crippen LogP contribution in [0.15, 0.2) is 0 Å². The van der Waals surface area contributed by atoms with Crippen LogP contribution in [0.1, 0.15) is 92.9 Å². The summed E-state index contributed by atoms with van der Waals surface area (Å²) in [6.07, 6.45) is 8.10. The molecule has 0 radical (unpaired) electrons. The van der Waals surface area contributed by atoms with Crippen molar-refractivity contribution in [3.8, 4) is 0 Å². The number of nitrogens with one attached hydrogen (secondary N) is 2. The predicted octanol–water partition coefficient (Wildman–Crippen LogP) is -1.48. The second-order valence-electron chi connectivity index (χ2n) is 7.95. The molecule has 0 saturated heterocycles. The van der Waals surface area contributed by atoms with Crippen molar-refractivity contribution >= 4 is 11.8 Å². The number of carbonyl (C=O) groups excluding carboxylic acids is 2. The molecule has 1 atom stereocenters. The molecule has 4 nitrogen and oxygen atoms in total. The predicted molar refractivity (Wildman–Crippen MR) is 100 cm³/mol. The third-order valence-electron chi connectivity index (χ3n) is 5.58. The molecule has 1 saturated carbocycles. The molecule has 1 aliphatic rings. The van der Waals surface area contributed by atoms with E-state index in [-0.39, 0.29) is 36.6 Å². The molecule has 2 amide bonds. The number of hydrogen-bond donors (Lipinski definition) is 2. The first-order valence-electron chi connectivity index (χ1n) is 9.98. The van der Waals surface area contributed by atoms with Crippen LogP contribution in [0.25, 0.3) is 0 Å². The molecule has 159 valence electrons. The van der Waals surface area contributed by atoms with Crippen molar-refractivity contribution in [2.24, 2.45) is 17.3 Å². The van der Waals surface area contributed by atoms with Crippen molar-refractivity contribution in [1.82, 2.24) is 9.12 Å². The van der Waals surface area contributed by atoms with Gasteiger partial charge in [-0.2, -0.15) is 0 Å². The number of halogens is 2. The molecule has 0 heterocycles. The van der Waals surface area contributed by atoms with E-state index >= 15 is 0 Å². The van der Waals surface area contributed by atoms with Crippen LogP contribution in [0.2, 0.25) is 0 Å². The van der Waals surface area contributed by atoms with Crippen LogP contribution in [-0.2, 0) is 30.3 Å². The van der Waals surface area contributed by atoms with Gasteiger partial charge in [-0.1, -0.05) is 41.0 Å². The standard InChI is InChI=1S/C16H31NO.C4H9NO.2ClH.Ti/c1-6-8-15(18)17-14-9-7-10-16(11-14,12(2)3)13(4)5;1-2-3-4(5)6;;;/h12-14H,6-11H2,1-5H3,(H,17,18);2-3H2,1H3,(H2,5,6);2*1H;/q;;;;+3/p-3. The van der Waals surface area contributed by atoms with E-state index in [1.54, 1.807) is 20.7 Å². The van der Waals surface area contributed by atoms with Gasteiger partial charge in [-0.3, -0.25) is 4.79 Å². The molecular weight excluding hydrogens is 419 g/mol. The minimum Gasteiger partial charge on any atom is -1.00 e. The summed E-state index contributed by atoms with van der Waals surface area (Å²) >= 11 is 1.65. The Morgan fingerprint density at radius 1 is 1.00 bits per heavy atom. The zero-order valence-electron chi connectivity index (χ0n) is 18.0. The second kappa shape index (κ2) is 17.1. The molecule has 1 rings (SSSR count). The van der Waals surface area contributed by atoms with E-state index in [2.05, 4.69) is 43.7 Å². The monoisotopic (exact) mass is 457 g/mol. The van der Waals surface area contributed by atoms with E-state index < -0.39 is 0 Å². The molecule has 2 N–H and O–H groups in total. The van der Waals surface area contributed by atoms with Crippen molar-refractivity contribution in [3.63, 3.8) is 0 Å². The van der Waals surface area contributed by atoms with Crippen LogP contribution in [-0.4, -0.2) is 17.9 Å². The van der Waals surface area contributed by atoms with E-state index in [1.165, 1.54) is 12.8 Å². The van der Waals surface area contributed by atoms with Crippen LogP contribution in [0.4, 0.5) is 0 Å². The van der Waals surface area contributed by atoms with E-state index in [9.17, 15) is 9.59 Å². The molecule has 0 spiro atoms. The van der Waals surface area contributed by atoms with Crippen LogP contribution in [0.5, 0.6) is 0 Å². The van der Waals surface area contributed by atoms with Crippen molar-refractivity contribution in [3.05, 3.63) is 0 Å². The number of amides is 2. The van der Waals surface area contributed by atoms with Gasteiger partial charge in [-0.25, -0.2) is 0 Å². The molecule has 0 aromatic rings. The van der Waals surface area contributed by atoms with Gasteiger partial charge in [0.05, 0.1) is 0 Å². The number of carbonyl (C=O) groups is 2. The number of rotatable bonds is 7. The smallest absolute Gasteiger partial charge is 1.00 e.